The SMILES string of the molecule is CCN(CC)S(=O)(=O)c1ccc(NC2c3ccccc3C(=O)N2Cc2ccccc2Cl)cc1. The van der Waals surface area contributed by atoms with Crippen LogP contribution in [0.2, 0.25) is 5.02 Å². The Morgan fingerprint density at radius 2 is 1.58 bits per heavy atom. The number of nitrogens with one attached hydrogen (secondary N) is 1. The number of carbonyl (C=O) groups is 1. The van der Waals surface area contributed by atoms with Gasteiger partial charge < -0.3 is 10.2 Å². The molecule has 0 bridgehead atoms. The van der Waals surface area contributed by atoms with Gasteiger partial charge in [-0.05, 0) is 42.0 Å². The molecule has 6 nitrogen and oxygen atoms in total. The van der Waals surface area contributed by atoms with Crippen LogP contribution in [-0.4, -0.2) is 36.6 Å². The van der Waals surface area contributed by atoms with Crippen LogP contribution in [-0.2, 0) is 16.6 Å². The zero-order valence-electron chi connectivity index (χ0n) is 18.5. The lowest BCUT2D eigenvalue weighted by molar-refractivity contribution is 0.0729. The molecule has 0 saturated carbocycles. The van der Waals surface area contributed by atoms with Crippen molar-refractivity contribution >= 4 is 33.2 Å². The number of fused-ring (bicyclic) bond motifs is 1. The summed E-state index contributed by atoms with van der Waals surface area (Å²) in [5.74, 6) is -0.0799. The molecule has 8 heteroatoms. The summed E-state index contributed by atoms with van der Waals surface area (Å²) in [6, 6.07) is 21.6. The van der Waals surface area contributed by atoms with Gasteiger partial charge >= 0.3 is 0 Å². The van der Waals surface area contributed by atoms with Crippen molar-refractivity contribution in [2.24, 2.45) is 0 Å². The van der Waals surface area contributed by atoms with Crippen LogP contribution in [0.3, 0.4) is 0 Å². The lowest BCUT2D eigenvalue weighted by Gasteiger charge is -2.27. The summed E-state index contributed by atoms with van der Waals surface area (Å²) in [5, 5.41) is 4.01. The standard InChI is InChI=1S/C25H26ClN3O3S/c1-3-28(4-2)33(31,32)20-15-13-19(14-16-20)27-24-21-10-6-7-11-22(21)25(30)29(24)17-18-9-5-8-12-23(18)26/h5-16,24,27H,3-4,17H2,1-2H3. The molecule has 0 saturated heterocycles. The molecular formula is C25H26ClN3O3S. The highest BCUT2D eigenvalue weighted by Gasteiger charge is 2.36. The molecule has 0 radical (unpaired) electrons. The van der Waals surface area contributed by atoms with E-state index in [1.165, 1.54) is 4.31 Å². The Morgan fingerprint density at radius 3 is 2.24 bits per heavy atom. The van der Waals surface area contributed by atoms with E-state index in [1.807, 2.05) is 62.4 Å². The van der Waals surface area contributed by atoms with E-state index in [0.717, 1.165) is 11.1 Å². The fraction of sp³-hybridized carbons (Fsp3) is 0.240. The molecule has 1 heterocycles. The maximum atomic E-state index is 13.2. The monoisotopic (exact) mass is 483 g/mol. The zero-order valence-corrected chi connectivity index (χ0v) is 20.1. The van der Waals surface area contributed by atoms with E-state index in [9.17, 15) is 13.2 Å². The van der Waals surface area contributed by atoms with Crippen LogP contribution >= 0.6 is 11.6 Å². The molecular weight excluding hydrogens is 458 g/mol. The number of carbonyl (C=O) groups excluding carboxylic acids is 1. The van der Waals surface area contributed by atoms with Crippen molar-refractivity contribution < 1.29 is 13.2 Å². The van der Waals surface area contributed by atoms with Gasteiger partial charge in [-0.1, -0.05) is 61.8 Å². The molecule has 1 unspecified atom stereocenters. The van der Waals surface area contributed by atoms with Gasteiger partial charge in [0, 0.05) is 41.5 Å². The Hall–Kier alpha value is -2.87. The highest BCUT2D eigenvalue weighted by molar-refractivity contribution is 7.89. The molecule has 3 aromatic carbocycles. The molecule has 0 fully saturated rings. The zero-order chi connectivity index (χ0) is 23.6. The van der Waals surface area contributed by atoms with E-state index >= 15 is 0 Å². The molecule has 172 valence electrons. The Labute approximate surface area is 199 Å². The minimum absolute atomic E-state index is 0.0799. The van der Waals surface area contributed by atoms with Crippen LogP contribution in [0.25, 0.3) is 0 Å². The minimum atomic E-state index is -3.53. The second kappa shape index (κ2) is 9.55. The van der Waals surface area contributed by atoms with Gasteiger partial charge in [-0.3, -0.25) is 4.79 Å². The van der Waals surface area contributed by atoms with Crippen LogP contribution in [0, 0.1) is 0 Å². The molecule has 1 atom stereocenters. The highest BCUT2D eigenvalue weighted by atomic mass is 35.5. The fourth-order valence-electron chi connectivity index (χ4n) is 4.09. The average Bonchev–Trinajstić information content (AvgIpc) is 3.07. The summed E-state index contributed by atoms with van der Waals surface area (Å²) < 4.78 is 27.0. The third-order valence-corrected chi connectivity index (χ3v) is 8.29. The van der Waals surface area contributed by atoms with Crippen molar-refractivity contribution in [3.8, 4) is 0 Å². The van der Waals surface area contributed by atoms with Gasteiger partial charge in [-0.25, -0.2) is 8.42 Å². The predicted molar refractivity (Wildman–Crippen MR) is 131 cm³/mol. The average molecular weight is 484 g/mol. The quantitative estimate of drug-likeness (QED) is 0.481. The number of amides is 1. The van der Waals surface area contributed by atoms with Gasteiger partial charge in [-0.2, -0.15) is 4.31 Å². The van der Waals surface area contributed by atoms with Crippen molar-refractivity contribution in [2.75, 3.05) is 18.4 Å². The van der Waals surface area contributed by atoms with E-state index in [-0.39, 0.29) is 10.8 Å². The second-order valence-electron chi connectivity index (χ2n) is 7.77. The summed E-state index contributed by atoms with van der Waals surface area (Å²) >= 11 is 6.36. The first kappa shape index (κ1) is 23.3. The Kier molecular flexibility index (Phi) is 6.74. The predicted octanol–water partition coefficient (Wildman–Crippen LogP) is 5.14. The van der Waals surface area contributed by atoms with E-state index in [0.29, 0.717) is 35.9 Å². The third kappa shape index (κ3) is 4.49. The molecule has 0 spiro atoms. The maximum absolute atomic E-state index is 13.2. The van der Waals surface area contributed by atoms with E-state index in [1.54, 1.807) is 29.2 Å². The van der Waals surface area contributed by atoms with Crippen molar-refractivity contribution in [2.45, 2.75) is 31.5 Å². The van der Waals surface area contributed by atoms with Crippen LogP contribution < -0.4 is 5.32 Å². The molecule has 1 aliphatic rings. The van der Waals surface area contributed by atoms with E-state index in [2.05, 4.69) is 5.32 Å². The molecule has 1 N–H and O–H groups in total. The van der Waals surface area contributed by atoms with E-state index in [4.69, 9.17) is 11.6 Å². The van der Waals surface area contributed by atoms with Gasteiger partial charge in [0.05, 0.1) is 4.90 Å². The van der Waals surface area contributed by atoms with Crippen LogP contribution in [0.5, 0.6) is 0 Å². The fourth-order valence-corrected chi connectivity index (χ4v) is 5.75. The number of anilines is 1. The summed E-state index contributed by atoms with van der Waals surface area (Å²) in [6.07, 6.45) is -0.407. The van der Waals surface area contributed by atoms with Gasteiger partial charge in [0.15, 0.2) is 0 Å². The lowest BCUT2D eigenvalue weighted by Crippen LogP contribution is -2.32. The lowest BCUT2D eigenvalue weighted by atomic mass is 10.1. The maximum Gasteiger partial charge on any atom is 0.256 e. The first-order chi connectivity index (χ1) is 15.9. The Balaban J connectivity index is 1.63. The third-order valence-electron chi connectivity index (χ3n) is 5.86. The molecule has 33 heavy (non-hydrogen) atoms. The number of hydrogen-bond donors (Lipinski definition) is 1. The van der Waals surface area contributed by atoms with E-state index < -0.39 is 16.2 Å². The first-order valence-corrected chi connectivity index (χ1v) is 12.7. The van der Waals surface area contributed by atoms with Crippen molar-refractivity contribution in [3.63, 3.8) is 0 Å². The Bertz CT molecular complexity index is 1260. The number of halogens is 1. The van der Waals surface area contributed by atoms with Crippen molar-refractivity contribution in [1.29, 1.82) is 0 Å². The summed E-state index contributed by atoms with van der Waals surface area (Å²) in [5.41, 5.74) is 3.08. The smallest absolute Gasteiger partial charge is 0.256 e. The topological polar surface area (TPSA) is 69.7 Å². The number of benzene rings is 3. The molecule has 1 aliphatic heterocycles. The van der Waals surface area contributed by atoms with Crippen LogP contribution in [0.4, 0.5) is 5.69 Å². The molecule has 1 amide bonds. The minimum Gasteiger partial charge on any atom is -0.361 e. The first-order valence-electron chi connectivity index (χ1n) is 10.9. The molecule has 4 rings (SSSR count). The normalized spacial score (nSPS) is 15.7. The van der Waals surface area contributed by atoms with Gasteiger partial charge in [0.1, 0.15) is 6.17 Å². The summed E-state index contributed by atoms with van der Waals surface area (Å²) in [7, 11) is -3.53. The molecule has 3 aromatic rings. The summed E-state index contributed by atoms with van der Waals surface area (Å²) in [4.78, 5) is 15.2. The molecule has 0 aliphatic carbocycles. The number of hydrogen-bond acceptors (Lipinski definition) is 4. The molecule has 0 aromatic heterocycles. The number of nitrogens with zero attached hydrogens (tertiary/aromatic N) is 2. The highest BCUT2D eigenvalue weighted by Crippen LogP contribution is 2.36. The Morgan fingerprint density at radius 1 is 0.939 bits per heavy atom. The summed E-state index contributed by atoms with van der Waals surface area (Å²) in [6.45, 7) is 4.81. The number of rotatable bonds is 8. The second-order valence-corrected chi connectivity index (χ2v) is 10.1. The van der Waals surface area contributed by atoms with Gasteiger partial charge in [-0.15, -0.1) is 0 Å². The van der Waals surface area contributed by atoms with Crippen molar-refractivity contribution in [3.05, 3.63) is 94.5 Å². The van der Waals surface area contributed by atoms with Gasteiger partial charge in [0.25, 0.3) is 5.91 Å². The van der Waals surface area contributed by atoms with Gasteiger partial charge in [0.2, 0.25) is 10.0 Å². The van der Waals surface area contributed by atoms with Crippen molar-refractivity contribution in [1.82, 2.24) is 9.21 Å². The van der Waals surface area contributed by atoms with Crippen LogP contribution in [0.15, 0.2) is 77.7 Å². The number of sulfonamides is 1. The largest absolute Gasteiger partial charge is 0.361 e. The van der Waals surface area contributed by atoms with Crippen LogP contribution in [0.1, 0.15) is 41.5 Å².